The first-order valence-electron chi connectivity index (χ1n) is 5.44. The Morgan fingerprint density at radius 3 is 2.71 bits per heavy atom. The van der Waals surface area contributed by atoms with Gasteiger partial charge in [0.25, 0.3) is 0 Å². The van der Waals surface area contributed by atoms with Gasteiger partial charge in [0.1, 0.15) is 6.10 Å². The molecule has 1 unspecified atom stereocenters. The van der Waals surface area contributed by atoms with Gasteiger partial charge < -0.3 is 5.11 Å². The second-order valence-electron chi connectivity index (χ2n) is 4.04. The molecule has 0 amide bonds. The highest BCUT2D eigenvalue weighted by Crippen LogP contribution is 2.41. The second kappa shape index (κ2) is 4.37. The summed E-state index contributed by atoms with van der Waals surface area (Å²) in [5.74, 6) is 0.809. The molecule has 0 fully saturated rings. The molecule has 0 saturated heterocycles. The molecule has 2 aromatic carbocycles. The number of rotatable bonds is 0. The van der Waals surface area contributed by atoms with Crippen LogP contribution in [0.1, 0.15) is 22.8 Å². The number of thioether (sulfide) groups is 1. The summed E-state index contributed by atoms with van der Waals surface area (Å²) in [6.07, 6.45) is -0.574. The fraction of sp³-hybridized carbons (Fsp3) is 0.143. The maximum atomic E-state index is 10.4. The molecule has 1 N–H and O–H groups in total. The van der Waals surface area contributed by atoms with Gasteiger partial charge in [-0.25, -0.2) is 0 Å². The molecule has 0 aromatic heterocycles. The van der Waals surface area contributed by atoms with Crippen LogP contribution >= 0.6 is 23.4 Å². The summed E-state index contributed by atoms with van der Waals surface area (Å²) in [4.78, 5) is 1.13. The monoisotopic (exact) mass is 262 g/mol. The van der Waals surface area contributed by atoms with Crippen molar-refractivity contribution in [2.75, 3.05) is 0 Å². The molecular weight excluding hydrogens is 252 g/mol. The van der Waals surface area contributed by atoms with Gasteiger partial charge in [0.15, 0.2) is 0 Å². The number of benzene rings is 2. The van der Waals surface area contributed by atoms with Gasteiger partial charge in [-0.2, -0.15) is 0 Å². The van der Waals surface area contributed by atoms with E-state index in [2.05, 4.69) is 0 Å². The third kappa shape index (κ3) is 1.86. The van der Waals surface area contributed by atoms with Gasteiger partial charge in [0.05, 0.1) is 0 Å². The SMILES string of the molecule is OC1c2ccccc2SCc2c(Cl)cccc21. The lowest BCUT2D eigenvalue weighted by atomic mass is 9.98. The molecule has 0 bridgehead atoms. The lowest BCUT2D eigenvalue weighted by molar-refractivity contribution is 0.217. The van der Waals surface area contributed by atoms with E-state index in [1.807, 2.05) is 42.5 Å². The molecule has 0 spiro atoms. The van der Waals surface area contributed by atoms with Crippen LogP contribution in [0.2, 0.25) is 5.02 Å². The number of hydrogen-bond acceptors (Lipinski definition) is 2. The number of aliphatic hydroxyl groups is 1. The summed E-state index contributed by atoms with van der Waals surface area (Å²) < 4.78 is 0. The van der Waals surface area contributed by atoms with E-state index in [4.69, 9.17) is 11.6 Å². The Hall–Kier alpha value is -0.960. The fourth-order valence-corrected chi connectivity index (χ4v) is 3.61. The maximum absolute atomic E-state index is 10.4. The Morgan fingerprint density at radius 2 is 1.82 bits per heavy atom. The van der Waals surface area contributed by atoms with Crippen LogP contribution < -0.4 is 0 Å². The molecule has 86 valence electrons. The van der Waals surface area contributed by atoms with Crippen molar-refractivity contribution in [2.24, 2.45) is 0 Å². The minimum atomic E-state index is -0.574. The minimum Gasteiger partial charge on any atom is -0.384 e. The van der Waals surface area contributed by atoms with Crippen molar-refractivity contribution in [1.82, 2.24) is 0 Å². The molecule has 3 rings (SSSR count). The predicted octanol–water partition coefficient (Wildman–Crippen LogP) is 4.03. The van der Waals surface area contributed by atoms with Crippen LogP contribution in [-0.2, 0) is 5.75 Å². The molecule has 1 aliphatic rings. The molecule has 17 heavy (non-hydrogen) atoms. The van der Waals surface area contributed by atoms with Crippen molar-refractivity contribution in [1.29, 1.82) is 0 Å². The quantitative estimate of drug-likeness (QED) is 0.774. The Bertz CT molecular complexity index is 568. The molecule has 0 radical (unpaired) electrons. The molecular formula is C14H11ClOS. The van der Waals surface area contributed by atoms with E-state index >= 15 is 0 Å². The average molecular weight is 263 g/mol. The molecule has 0 aliphatic carbocycles. The van der Waals surface area contributed by atoms with Crippen LogP contribution in [0.5, 0.6) is 0 Å². The number of fused-ring (bicyclic) bond motifs is 2. The first kappa shape index (κ1) is 11.1. The van der Waals surface area contributed by atoms with Crippen molar-refractivity contribution in [3.63, 3.8) is 0 Å². The summed E-state index contributed by atoms with van der Waals surface area (Å²) in [7, 11) is 0. The summed E-state index contributed by atoms with van der Waals surface area (Å²) in [6.45, 7) is 0. The van der Waals surface area contributed by atoms with Crippen LogP contribution in [0.3, 0.4) is 0 Å². The van der Waals surface area contributed by atoms with Crippen molar-refractivity contribution >= 4 is 23.4 Å². The van der Waals surface area contributed by atoms with Gasteiger partial charge in [-0.15, -0.1) is 11.8 Å². The topological polar surface area (TPSA) is 20.2 Å². The normalized spacial score (nSPS) is 18.1. The molecule has 1 atom stereocenters. The number of aliphatic hydroxyl groups excluding tert-OH is 1. The zero-order chi connectivity index (χ0) is 11.8. The summed E-state index contributed by atoms with van der Waals surface area (Å²) in [5, 5.41) is 11.2. The molecule has 0 saturated carbocycles. The minimum absolute atomic E-state index is 0.574. The summed E-state index contributed by atoms with van der Waals surface area (Å²) in [6, 6.07) is 13.7. The highest BCUT2D eigenvalue weighted by atomic mass is 35.5. The molecule has 3 heteroatoms. The number of halogens is 1. The Labute approximate surface area is 109 Å². The van der Waals surface area contributed by atoms with Gasteiger partial charge in [-0.05, 0) is 28.8 Å². The van der Waals surface area contributed by atoms with Gasteiger partial charge in [-0.1, -0.05) is 41.9 Å². The zero-order valence-corrected chi connectivity index (χ0v) is 10.6. The smallest absolute Gasteiger partial charge is 0.105 e. The van der Waals surface area contributed by atoms with E-state index in [0.717, 1.165) is 32.4 Å². The molecule has 2 aromatic rings. The predicted molar refractivity (Wildman–Crippen MR) is 71.5 cm³/mol. The van der Waals surface area contributed by atoms with E-state index in [1.54, 1.807) is 11.8 Å². The van der Waals surface area contributed by atoms with E-state index in [0.29, 0.717) is 0 Å². The van der Waals surface area contributed by atoms with E-state index in [1.165, 1.54) is 0 Å². The van der Waals surface area contributed by atoms with E-state index in [-0.39, 0.29) is 0 Å². The van der Waals surface area contributed by atoms with Gasteiger partial charge in [0.2, 0.25) is 0 Å². The fourth-order valence-electron chi connectivity index (χ4n) is 2.14. The Morgan fingerprint density at radius 1 is 1.06 bits per heavy atom. The van der Waals surface area contributed by atoms with E-state index < -0.39 is 6.10 Å². The third-order valence-electron chi connectivity index (χ3n) is 3.04. The Kier molecular flexibility index (Phi) is 2.87. The molecule has 1 heterocycles. The Balaban J connectivity index is 2.20. The zero-order valence-electron chi connectivity index (χ0n) is 9.06. The van der Waals surface area contributed by atoms with Crippen LogP contribution in [0.25, 0.3) is 0 Å². The van der Waals surface area contributed by atoms with Crippen molar-refractivity contribution in [2.45, 2.75) is 16.8 Å². The largest absolute Gasteiger partial charge is 0.384 e. The van der Waals surface area contributed by atoms with Crippen molar-refractivity contribution in [3.05, 3.63) is 64.2 Å². The molecule has 1 nitrogen and oxygen atoms in total. The van der Waals surface area contributed by atoms with Gasteiger partial charge in [-0.3, -0.25) is 0 Å². The van der Waals surface area contributed by atoms with Crippen LogP contribution in [-0.4, -0.2) is 5.11 Å². The lowest BCUT2D eigenvalue weighted by Gasteiger charge is -2.14. The highest BCUT2D eigenvalue weighted by Gasteiger charge is 2.22. The van der Waals surface area contributed by atoms with Crippen LogP contribution in [0.4, 0.5) is 0 Å². The highest BCUT2D eigenvalue weighted by molar-refractivity contribution is 7.98. The van der Waals surface area contributed by atoms with Crippen molar-refractivity contribution in [3.8, 4) is 0 Å². The van der Waals surface area contributed by atoms with E-state index in [9.17, 15) is 5.11 Å². The number of hydrogen-bond donors (Lipinski definition) is 1. The van der Waals surface area contributed by atoms with Crippen molar-refractivity contribution < 1.29 is 5.11 Å². The average Bonchev–Trinajstić information content (AvgIpc) is 2.50. The lowest BCUT2D eigenvalue weighted by Crippen LogP contribution is -2.02. The first-order chi connectivity index (χ1) is 8.27. The third-order valence-corrected chi connectivity index (χ3v) is 4.51. The van der Waals surface area contributed by atoms with Crippen LogP contribution in [0, 0.1) is 0 Å². The van der Waals surface area contributed by atoms with Crippen LogP contribution in [0.15, 0.2) is 47.4 Å². The summed E-state index contributed by atoms with van der Waals surface area (Å²) >= 11 is 7.92. The van der Waals surface area contributed by atoms with Gasteiger partial charge >= 0.3 is 0 Å². The first-order valence-corrected chi connectivity index (χ1v) is 6.81. The maximum Gasteiger partial charge on any atom is 0.105 e. The standard InChI is InChI=1S/C14H11ClOS/c15-12-6-3-5-9-11(12)8-17-13-7-2-1-4-10(13)14(9)16/h1-7,14,16H,8H2. The summed E-state index contributed by atoms with van der Waals surface area (Å²) in [5.41, 5.74) is 2.94. The second-order valence-corrected chi connectivity index (χ2v) is 5.46. The molecule has 1 aliphatic heterocycles. The van der Waals surface area contributed by atoms with Gasteiger partial charge in [0, 0.05) is 15.7 Å².